The highest BCUT2D eigenvalue weighted by Crippen LogP contribution is 2.31. The number of aromatic hydroxyl groups is 1. The second kappa shape index (κ2) is 4.74. The van der Waals surface area contributed by atoms with Gasteiger partial charge >= 0.3 is 6.18 Å². The van der Waals surface area contributed by atoms with Crippen molar-refractivity contribution in [3.63, 3.8) is 0 Å². The molecule has 0 saturated heterocycles. The van der Waals surface area contributed by atoms with E-state index in [0.29, 0.717) is 11.1 Å². The highest BCUT2D eigenvalue weighted by molar-refractivity contribution is 5.41. The van der Waals surface area contributed by atoms with Crippen molar-refractivity contribution in [1.82, 2.24) is 0 Å². The van der Waals surface area contributed by atoms with Gasteiger partial charge in [-0.2, -0.15) is 13.2 Å². The van der Waals surface area contributed by atoms with Crippen molar-refractivity contribution >= 4 is 0 Å². The summed E-state index contributed by atoms with van der Waals surface area (Å²) < 4.78 is 36.0. The van der Waals surface area contributed by atoms with Crippen molar-refractivity contribution < 1.29 is 18.3 Å². The van der Waals surface area contributed by atoms with Crippen LogP contribution in [-0.2, 0) is 0 Å². The maximum absolute atomic E-state index is 12.0. The molecule has 3 N–H and O–H groups in total. The van der Waals surface area contributed by atoms with Gasteiger partial charge in [0.2, 0.25) is 0 Å². The molecule has 2 nitrogen and oxygen atoms in total. The van der Waals surface area contributed by atoms with Crippen LogP contribution in [0.3, 0.4) is 0 Å². The second-order valence-electron chi connectivity index (χ2n) is 3.77. The van der Waals surface area contributed by atoms with Gasteiger partial charge in [0, 0.05) is 18.0 Å². The number of hydrogen-bond donors (Lipinski definition) is 2. The molecule has 1 rings (SSSR count). The first-order valence-corrected chi connectivity index (χ1v) is 4.92. The third kappa shape index (κ3) is 3.41. The van der Waals surface area contributed by atoms with Crippen molar-refractivity contribution in [2.24, 2.45) is 5.73 Å². The van der Waals surface area contributed by atoms with E-state index in [1.807, 2.05) is 0 Å². The zero-order chi connectivity index (χ0) is 12.3. The summed E-state index contributed by atoms with van der Waals surface area (Å²) in [4.78, 5) is 0. The Morgan fingerprint density at radius 2 is 2.00 bits per heavy atom. The summed E-state index contributed by atoms with van der Waals surface area (Å²) in [6.07, 6.45) is -5.38. The molecule has 1 aromatic carbocycles. The number of nitrogens with two attached hydrogens (primary N) is 1. The fraction of sp³-hybridized carbons (Fsp3) is 0.455. The third-order valence-corrected chi connectivity index (χ3v) is 2.41. The predicted molar refractivity (Wildman–Crippen MR) is 55.1 cm³/mol. The normalized spacial score (nSPS) is 13.8. The van der Waals surface area contributed by atoms with Gasteiger partial charge in [-0.1, -0.05) is 18.2 Å². The van der Waals surface area contributed by atoms with E-state index in [4.69, 9.17) is 5.73 Å². The standard InChI is InChI=1S/C11H14F3NO/c1-7-3-2-4-8(10(7)16)9(15)5-6-11(12,13)14/h2-4,9,16H,5-6,15H2,1H3/t9-/m0/s1. The van der Waals surface area contributed by atoms with Gasteiger partial charge in [0.1, 0.15) is 5.75 Å². The van der Waals surface area contributed by atoms with Crippen LogP contribution in [0.25, 0.3) is 0 Å². The molecule has 0 saturated carbocycles. The van der Waals surface area contributed by atoms with Crippen LogP contribution in [0.2, 0.25) is 0 Å². The van der Waals surface area contributed by atoms with Crippen LogP contribution in [0.15, 0.2) is 18.2 Å². The lowest BCUT2D eigenvalue weighted by atomic mass is 9.99. The predicted octanol–water partition coefficient (Wildman–Crippen LogP) is 3.04. The smallest absolute Gasteiger partial charge is 0.389 e. The molecule has 1 aromatic rings. The van der Waals surface area contributed by atoms with E-state index in [9.17, 15) is 18.3 Å². The number of benzene rings is 1. The molecule has 5 heteroatoms. The largest absolute Gasteiger partial charge is 0.507 e. The number of rotatable bonds is 3. The molecule has 0 fully saturated rings. The topological polar surface area (TPSA) is 46.2 Å². The number of para-hydroxylation sites is 1. The van der Waals surface area contributed by atoms with E-state index < -0.39 is 18.6 Å². The molecule has 0 aliphatic rings. The van der Waals surface area contributed by atoms with E-state index in [-0.39, 0.29) is 12.2 Å². The van der Waals surface area contributed by atoms with Crippen LogP contribution >= 0.6 is 0 Å². The first-order valence-electron chi connectivity index (χ1n) is 4.92. The quantitative estimate of drug-likeness (QED) is 0.842. The maximum atomic E-state index is 12.0. The molecule has 0 amide bonds. The highest BCUT2D eigenvalue weighted by Gasteiger charge is 2.28. The Kier molecular flexibility index (Phi) is 3.80. The minimum atomic E-state index is -4.21. The van der Waals surface area contributed by atoms with Gasteiger partial charge in [-0.05, 0) is 18.9 Å². The Morgan fingerprint density at radius 3 is 2.56 bits per heavy atom. The van der Waals surface area contributed by atoms with E-state index in [0.717, 1.165) is 0 Å². The van der Waals surface area contributed by atoms with Crippen LogP contribution in [0.4, 0.5) is 13.2 Å². The molecule has 0 bridgehead atoms. The molecule has 0 aliphatic heterocycles. The van der Waals surface area contributed by atoms with E-state index in [1.165, 1.54) is 0 Å². The van der Waals surface area contributed by atoms with Crippen molar-refractivity contribution in [1.29, 1.82) is 0 Å². The summed E-state index contributed by atoms with van der Waals surface area (Å²) in [7, 11) is 0. The molecular formula is C11H14F3NO. The van der Waals surface area contributed by atoms with Gasteiger partial charge in [0.15, 0.2) is 0 Å². The Bertz CT molecular complexity index is 363. The number of phenols is 1. The number of halogens is 3. The summed E-state index contributed by atoms with van der Waals surface area (Å²) in [6.45, 7) is 1.68. The first-order chi connectivity index (χ1) is 7.31. The monoisotopic (exact) mass is 233 g/mol. The van der Waals surface area contributed by atoms with E-state index >= 15 is 0 Å². The molecule has 0 unspecified atom stereocenters. The van der Waals surface area contributed by atoms with Gasteiger partial charge in [0.05, 0.1) is 0 Å². The Morgan fingerprint density at radius 1 is 1.38 bits per heavy atom. The van der Waals surface area contributed by atoms with Crippen LogP contribution in [-0.4, -0.2) is 11.3 Å². The summed E-state index contributed by atoms with van der Waals surface area (Å²) in [6, 6.07) is 4.10. The average molecular weight is 233 g/mol. The lowest BCUT2D eigenvalue weighted by Crippen LogP contribution is -2.16. The summed E-state index contributed by atoms with van der Waals surface area (Å²) in [5.74, 6) is -0.0165. The zero-order valence-electron chi connectivity index (χ0n) is 8.88. The van der Waals surface area contributed by atoms with Crippen molar-refractivity contribution in [3.8, 4) is 5.75 Å². The van der Waals surface area contributed by atoms with Crippen molar-refractivity contribution in [2.45, 2.75) is 32.0 Å². The minimum absolute atomic E-state index is 0.0165. The minimum Gasteiger partial charge on any atom is -0.507 e. The molecule has 0 aromatic heterocycles. The molecule has 1 atom stereocenters. The first kappa shape index (κ1) is 12.8. The fourth-order valence-electron chi connectivity index (χ4n) is 1.46. The van der Waals surface area contributed by atoms with Gasteiger partial charge in [-0.25, -0.2) is 0 Å². The van der Waals surface area contributed by atoms with Gasteiger partial charge in [0.25, 0.3) is 0 Å². The van der Waals surface area contributed by atoms with E-state index in [1.54, 1.807) is 25.1 Å². The maximum Gasteiger partial charge on any atom is 0.389 e. The van der Waals surface area contributed by atoms with Crippen LogP contribution < -0.4 is 5.73 Å². The second-order valence-corrected chi connectivity index (χ2v) is 3.77. The Balaban J connectivity index is 2.73. The number of hydrogen-bond acceptors (Lipinski definition) is 2. The zero-order valence-corrected chi connectivity index (χ0v) is 8.88. The van der Waals surface area contributed by atoms with Gasteiger partial charge < -0.3 is 10.8 Å². The lowest BCUT2D eigenvalue weighted by molar-refractivity contribution is -0.136. The lowest BCUT2D eigenvalue weighted by Gasteiger charge is -2.15. The van der Waals surface area contributed by atoms with Crippen LogP contribution in [0, 0.1) is 6.92 Å². The molecule has 0 radical (unpaired) electrons. The summed E-state index contributed by atoms with van der Waals surface area (Å²) >= 11 is 0. The van der Waals surface area contributed by atoms with E-state index in [2.05, 4.69) is 0 Å². The molecule has 90 valence electrons. The number of phenolic OH excluding ortho intramolecular Hbond substituents is 1. The SMILES string of the molecule is Cc1cccc([C@@H](N)CCC(F)(F)F)c1O. The molecule has 0 heterocycles. The van der Waals surface area contributed by atoms with Crippen molar-refractivity contribution in [3.05, 3.63) is 29.3 Å². The van der Waals surface area contributed by atoms with Crippen LogP contribution in [0.1, 0.15) is 30.0 Å². The van der Waals surface area contributed by atoms with Gasteiger partial charge in [-0.15, -0.1) is 0 Å². The summed E-state index contributed by atoms with van der Waals surface area (Å²) in [5.41, 5.74) is 6.59. The fourth-order valence-corrected chi connectivity index (χ4v) is 1.46. The number of aryl methyl sites for hydroxylation is 1. The van der Waals surface area contributed by atoms with Crippen LogP contribution in [0.5, 0.6) is 5.75 Å². The third-order valence-electron chi connectivity index (χ3n) is 2.41. The molecule has 16 heavy (non-hydrogen) atoms. The molecular weight excluding hydrogens is 219 g/mol. The Labute approximate surface area is 91.9 Å². The molecule has 0 spiro atoms. The van der Waals surface area contributed by atoms with Gasteiger partial charge in [-0.3, -0.25) is 0 Å². The summed E-state index contributed by atoms with van der Waals surface area (Å²) in [5, 5.41) is 9.64. The highest BCUT2D eigenvalue weighted by atomic mass is 19.4. The average Bonchev–Trinajstić information content (AvgIpc) is 2.17. The molecule has 0 aliphatic carbocycles. The van der Waals surface area contributed by atoms with Crippen molar-refractivity contribution in [2.75, 3.05) is 0 Å². The number of alkyl halides is 3. The Hall–Kier alpha value is -1.23.